The van der Waals surface area contributed by atoms with Crippen molar-refractivity contribution >= 4 is 40.3 Å². The molecule has 0 atom stereocenters. The molecule has 1 aliphatic rings. The third-order valence-electron chi connectivity index (χ3n) is 7.18. The first-order chi connectivity index (χ1) is 18.2. The Balaban J connectivity index is 1.48. The van der Waals surface area contributed by atoms with E-state index in [1.165, 1.54) is 19.3 Å². The number of para-hydroxylation sites is 2. The minimum atomic E-state index is -0.0831. The highest BCUT2D eigenvalue weighted by atomic mass is 35.5. The summed E-state index contributed by atoms with van der Waals surface area (Å²) in [6, 6.07) is 25.7. The first-order valence-electron chi connectivity index (χ1n) is 12.9. The molecule has 5 aromatic rings. The summed E-state index contributed by atoms with van der Waals surface area (Å²) >= 11 is 6.03. The number of carbonyl (C=O) groups is 1. The summed E-state index contributed by atoms with van der Waals surface area (Å²) in [5.74, 6) is 0.723. The fourth-order valence-electron chi connectivity index (χ4n) is 5.30. The molecule has 37 heavy (non-hydrogen) atoms. The first-order valence-corrected chi connectivity index (χ1v) is 13.3. The Morgan fingerprint density at radius 2 is 1.54 bits per heavy atom. The lowest BCUT2D eigenvalue weighted by Gasteiger charge is -2.26. The summed E-state index contributed by atoms with van der Waals surface area (Å²) in [5.41, 5.74) is 5.23. The van der Waals surface area contributed by atoms with Crippen LogP contribution in [0, 0.1) is 0 Å². The van der Waals surface area contributed by atoms with Gasteiger partial charge in [-0.25, -0.2) is 4.98 Å². The van der Waals surface area contributed by atoms with E-state index in [0.29, 0.717) is 16.4 Å². The van der Waals surface area contributed by atoms with Gasteiger partial charge < -0.3 is 9.47 Å². The SMILES string of the molecule is O=C(/C=C\c1ccc(Cl)cc1)c1c(-c2ccccc2)nc2n(CCN3CCCCC3)c3ccccc3n12. The molecule has 1 saturated heterocycles. The largest absolute Gasteiger partial charge is 0.308 e. The van der Waals surface area contributed by atoms with Gasteiger partial charge in [0.15, 0.2) is 0 Å². The maximum absolute atomic E-state index is 13.8. The second kappa shape index (κ2) is 10.4. The van der Waals surface area contributed by atoms with E-state index in [-0.39, 0.29) is 5.78 Å². The smallest absolute Gasteiger partial charge is 0.216 e. The normalized spacial score (nSPS) is 14.7. The van der Waals surface area contributed by atoms with Crippen molar-refractivity contribution < 1.29 is 4.79 Å². The van der Waals surface area contributed by atoms with E-state index in [1.807, 2.05) is 71.1 Å². The van der Waals surface area contributed by atoms with Crippen LogP contribution < -0.4 is 0 Å². The Morgan fingerprint density at radius 3 is 2.30 bits per heavy atom. The molecule has 0 unspecified atom stereocenters. The number of likely N-dealkylation sites (tertiary alicyclic amines) is 1. The number of ketones is 1. The number of nitrogens with zero attached hydrogens (tertiary/aromatic N) is 4. The van der Waals surface area contributed by atoms with E-state index in [9.17, 15) is 4.79 Å². The molecular weight excluding hydrogens is 480 g/mol. The van der Waals surface area contributed by atoms with E-state index < -0.39 is 0 Å². The van der Waals surface area contributed by atoms with E-state index in [2.05, 4.69) is 27.7 Å². The molecular formula is C31H29ClN4O. The van der Waals surface area contributed by atoms with E-state index in [1.54, 1.807) is 6.08 Å². The zero-order chi connectivity index (χ0) is 25.2. The zero-order valence-electron chi connectivity index (χ0n) is 20.7. The van der Waals surface area contributed by atoms with Gasteiger partial charge in [-0.3, -0.25) is 9.20 Å². The summed E-state index contributed by atoms with van der Waals surface area (Å²) in [6.07, 6.45) is 7.33. The van der Waals surface area contributed by atoms with Crippen LogP contribution in [0.1, 0.15) is 35.3 Å². The molecule has 186 valence electrons. The summed E-state index contributed by atoms with van der Waals surface area (Å²) in [6.45, 7) is 4.11. The van der Waals surface area contributed by atoms with Gasteiger partial charge in [0.05, 0.1) is 11.0 Å². The van der Waals surface area contributed by atoms with Gasteiger partial charge >= 0.3 is 0 Å². The molecule has 0 N–H and O–H groups in total. The molecule has 0 radical (unpaired) electrons. The predicted molar refractivity (Wildman–Crippen MR) is 151 cm³/mol. The van der Waals surface area contributed by atoms with E-state index in [0.717, 1.165) is 54.1 Å². The van der Waals surface area contributed by atoms with Crippen molar-refractivity contribution in [3.05, 3.63) is 101 Å². The standard InChI is InChI=1S/C31H29ClN4O/c32-25-16-13-23(14-17-25)15-18-28(37)30-29(24-9-3-1-4-10-24)33-31-35(22-21-34-19-7-2-8-20-34)26-11-5-6-12-27(26)36(30)31/h1,3-6,9-18H,2,7-8,19-22H2/b18-15-. The van der Waals surface area contributed by atoms with Crippen LogP contribution in [-0.2, 0) is 6.54 Å². The van der Waals surface area contributed by atoms with Crippen molar-refractivity contribution in [2.45, 2.75) is 25.8 Å². The summed E-state index contributed by atoms with van der Waals surface area (Å²) in [4.78, 5) is 21.5. The van der Waals surface area contributed by atoms with Crippen LogP contribution >= 0.6 is 11.6 Å². The minimum absolute atomic E-state index is 0.0831. The molecule has 2 aromatic heterocycles. The first kappa shape index (κ1) is 23.7. The number of aromatic nitrogens is 3. The number of rotatable bonds is 7. The van der Waals surface area contributed by atoms with Crippen molar-refractivity contribution in [2.75, 3.05) is 19.6 Å². The van der Waals surface area contributed by atoms with Gasteiger partial charge in [-0.05, 0) is 61.8 Å². The van der Waals surface area contributed by atoms with Crippen LogP contribution in [0.4, 0.5) is 0 Å². The molecule has 5 nitrogen and oxygen atoms in total. The number of halogens is 1. The summed E-state index contributed by atoms with van der Waals surface area (Å²) in [7, 11) is 0. The third-order valence-corrected chi connectivity index (χ3v) is 7.43. The lowest BCUT2D eigenvalue weighted by molar-refractivity contribution is 0.104. The number of fused-ring (bicyclic) bond motifs is 3. The molecule has 3 heterocycles. The van der Waals surface area contributed by atoms with E-state index >= 15 is 0 Å². The minimum Gasteiger partial charge on any atom is -0.308 e. The molecule has 0 aliphatic carbocycles. The number of allylic oxidation sites excluding steroid dienone is 1. The number of hydrogen-bond acceptors (Lipinski definition) is 3. The van der Waals surface area contributed by atoms with E-state index in [4.69, 9.17) is 16.6 Å². The fraction of sp³-hybridized carbons (Fsp3) is 0.226. The Hall–Kier alpha value is -3.67. The van der Waals surface area contributed by atoms with Crippen molar-refractivity contribution in [2.24, 2.45) is 0 Å². The number of carbonyl (C=O) groups excluding carboxylic acids is 1. The summed E-state index contributed by atoms with van der Waals surface area (Å²) < 4.78 is 4.32. The van der Waals surface area contributed by atoms with Gasteiger partial charge in [0, 0.05) is 23.7 Å². The number of hydrogen-bond donors (Lipinski definition) is 0. The molecule has 0 amide bonds. The number of imidazole rings is 2. The molecule has 0 bridgehead atoms. The van der Waals surface area contributed by atoms with Crippen LogP contribution in [0.5, 0.6) is 0 Å². The monoisotopic (exact) mass is 508 g/mol. The average molecular weight is 509 g/mol. The van der Waals surface area contributed by atoms with Gasteiger partial charge in [-0.2, -0.15) is 0 Å². The van der Waals surface area contributed by atoms with Crippen molar-refractivity contribution in [1.29, 1.82) is 0 Å². The van der Waals surface area contributed by atoms with Crippen molar-refractivity contribution in [1.82, 2.24) is 18.9 Å². The molecule has 6 rings (SSSR count). The average Bonchev–Trinajstić information content (AvgIpc) is 3.48. The molecule has 1 fully saturated rings. The van der Waals surface area contributed by atoms with Gasteiger partial charge in [-0.1, -0.05) is 78.7 Å². The van der Waals surface area contributed by atoms with Gasteiger partial charge in [-0.15, -0.1) is 0 Å². The highest BCUT2D eigenvalue weighted by Gasteiger charge is 2.24. The molecule has 1 aliphatic heterocycles. The molecule has 3 aromatic carbocycles. The molecule has 0 saturated carbocycles. The topological polar surface area (TPSA) is 42.5 Å². The van der Waals surface area contributed by atoms with Gasteiger partial charge in [0.25, 0.3) is 0 Å². The van der Waals surface area contributed by atoms with Crippen LogP contribution in [0.15, 0.2) is 84.9 Å². The maximum Gasteiger partial charge on any atom is 0.216 e. The molecule has 6 heteroatoms. The second-order valence-corrected chi connectivity index (χ2v) is 10.0. The van der Waals surface area contributed by atoms with Crippen molar-refractivity contribution in [3.8, 4) is 11.3 Å². The maximum atomic E-state index is 13.8. The predicted octanol–water partition coefficient (Wildman–Crippen LogP) is 6.99. The lowest BCUT2D eigenvalue weighted by Crippen LogP contribution is -2.32. The Kier molecular flexibility index (Phi) is 6.64. The zero-order valence-corrected chi connectivity index (χ0v) is 21.4. The highest BCUT2D eigenvalue weighted by Crippen LogP contribution is 2.31. The third kappa shape index (κ3) is 4.73. The Morgan fingerprint density at radius 1 is 0.838 bits per heavy atom. The quantitative estimate of drug-likeness (QED) is 0.176. The molecule has 0 spiro atoms. The van der Waals surface area contributed by atoms with Gasteiger partial charge in [0.1, 0.15) is 11.4 Å². The second-order valence-electron chi connectivity index (χ2n) is 9.60. The number of piperidine rings is 1. The van der Waals surface area contributed by atoms with Crippen LogP contribution in [0.3, 0.4) is 0 Å². The van der Waals surface area contributed by atoms with Crippen LogP contribution in [0.25, 0.3) is 34.1 Å². The van der Waals surface area contributed by atoms with Crippen LogP contribution in [0.2, 0.25) is 5.02 Å². The summed E-state index contributed by atoms with van der Waals surface area (Å²) in [5, 5.41) is 0.671. The Labute approximate surface area is 221 Å². The fourth-order valence-corrected chi connectivity index (χ4v) is 5.43. The highest BCUT2D eigenvalue weighted by molar-refractivity contribution is 6.30. The van der Waals surface area contributed by atoms with Gasteiger partial charge in [0.2, 0.25) is 11.6 Å². The lowest BCUT2D eigenvalue weighted by atomic mass is 10.1. The number of benzene rings is 3. The van der Waals surface area contributed by atoms with Crippen LogP contribution in [-0.4, -0.2) is 44.3 Å². The van der Waals surface area contributed by atoms with Crippen molar-refractivity contribution in [3.63, 3.8) is 0 Å². The Bertz CT molecular complexity index is 1570.